The Morgan fingerprint density at radius 2 is 2.35 bits per heavy atom. The molecule has 0 amide bonds. The average molecular weight is 232 g/mol. The third-order valence-electron chi connectivity index (χ3n) is 3.39. The number of Topliss-reactive ketones (excluding diaryl/α,β-unsaturated/α-hetero) is 1. The maximum atomic E-state index is 11.8. The Morgan fingerprint density at radius 3 is 3.00 bits per heavy atom. The highest BCUT2D eigenvalue weighted by atomic mass is 16.1. The van der Waals surface area contributed by atoms with Gasteiger partial charge in [-0.1, -0.05) is 11.6 Å². The molecule has 3 heteroatoms. The summed E-state index contributed by atoms with van der Waals surface area (Å²) in [6.07, 6.45) is 11.0. The van der Waals surface area contributed by atoms with E-state index in [0.717, 1.165) is 25.0 Å². The molecule has 1 aromatic heterocycles. The Kier molecular flexibility index (Phi) is 4.13. The fourth-order valence-electron chi connectivity index (χ4n) is 2.32. The molecule has 0 N–H and O–H groups in total. The summed E-state index contributed by atoms with van der Waals surface area (Å²) in [4.78, 5) is 11.8. The van der Waals surface area contributed by atoms with Crippen molar-refractivity contribution in [3.05, 3.63) is 29.6 Å². The van der Waals surface area contributed by atoms with Crippen molar-refractivity contribution in [2.45, 2.75) is 44.9 Å². The number of nitrogens with zero attached hydrogens (tertiary/aromatic N) is 2. The molecule has 0 fully saturated rings. The third kappa shape index (κ3) is 3.55. The summed E-state index contributed by atoms with van der Waals surface area (Å²) < 4.78 is 1.84. The molecule has 1 aromatic rings. The van der Waals surface area contributed by atoms with E-state index in [4.69, 9.17) is 0 Å². The maximum Gasteiger partial charge on any atom is 0.137 e. The molecule has 17 heavy (non-hydrogen) atoms. The Labute approximate surface area is 103 Å². The summed E-state index contributed by atoms with van der Waals surface area (Å²) in [5.74, 6) is 0.361. The fraction of sp³-hybridized carbons (Fsp3) is 0.571. The lowest BCUT2D eigenvalue weighted by atomic mass is 9.94. The molecule has 3 nitrogen and oxygen atoms in total. The second kappa shape index (κ2) is 5.80. The smallest absolute Gasteiger partial charge is 0.137 e. The van der Waals surface area contributed by atoms with E-state index >= 15 is 0 Å². The van der Waals surface area contributed by atoms with E-state index in [2.05, 4.69) is 11.2 Å². The lowest BCUT2D eigenvalue weighted by Gasteiger charge is -2.11. The van der Waals surface area contributed by atoms with E-state index < -0.39 is 0 Å². The van der Waals surface area contributed by atoms with E-state index in [-0.39, 0.29) is 0 Å². The Balaban J connectivity index is 1.78. The zero-order chi connectivity index (χ0) is 12.1. The fourth-order valence-corrected chi connectivity index (χ4v) is 2.32. The predicted octanol–water partition coefficient (Wildman–Crippen LogP) is 2.81. The van der Waals surface area contributed by atoms with Crippen LogP contribution in [0, 0.1) is 0 Å². The van der Waals surface area contributed by atoms with E-state index in [9.17, 15) is 4.79 Å². The number of aryl methyl sites for hydroxylation is 2. The monoisotopic (exact) mass is 232 g/mol. The number of hydrogen-bond acceptors (Lipinski definition) is 2. The maximum absolute atomic E-state index is 11.8. The third-order valence-corrected chi connectivity index (χ3v) is 3.39. The van der Waals surface area contributed by atoms with Gasteiger partial charge in [-0.25, -0.2) is 0 Å². The lowest BCUT2D eigenvalue weighted by molar-refractivity contribution is -0.118. The van der Waals surface area contributed by atoms with Crippen molar-refractivity contribution in [2.75, 3.05) is 0 Å². The Morgan fingerprint density at radius 1 is 1.47 bits per heavy atom. The molecule has 0 atom stereocenters. The Bertz CT molecular complexity index is 418. The van der Waals surface area contributed by atoms with Crippen LogP contribution in [0.2, 0.25) is 0 Å². The normalized spacial score (nSPS) is 15.7. The first-order valence-corrected chi connectivity index (χ1v) is 6.42. The van der Waals surface area contributed by atoms with Gasteiger partial charge in [0.1, 0.15) is 5.78 Å². The van der Waals surface area contributed by atoms with Gasteiger partial charge in [0.05, 0.1) is 0 Å². The summed E-state index contributed by atoms with van der Waals surface area (Å²) in [5, 5.41) is 4.10. The van der Waals surface area contributed by atoms with Gasteiger partial charge in [-0.15, -0.1) is 0 Å². The number of ketones is 1. The number of hydrogen-bond donors (Lipinski definition) is 0. The molecular weight excluding hydrogens is 212 g/mol. The highest BCUT2D eigenvalue weighted by Gasteiger charge is 2.10. The molecule has 1 aliphatic carbocycles. The van der Waals surface area contributed by atoms with E-state index in [1.807, 2.05) is 17.8 Å². The van der Waals surface area contributed by atoms with Crippen LogP contribution in [0.1, 0.15) is 44.2 Å². The second-order valence-corrected chi connectivity index (χ2v) is 4.77. The van der Waals surface area contributed by atoms with Crippen LogP contribution >= 0.6 is 0 Å². The molecule has 0 radical (unpaired) electrons. The highest BCUT2D eigenvalue weighted by Crippen LogP contribution is 2.20. The first-order chi connectivity index (χ1) is 8.25. The molecular formula is C14H20N2O. The molecule has 0 aromatic carbocycles. The van der Waals surface area contributed by atoms with Crippen LogP contribution < -0.4 is 0 Å². The minimum absolute atomic E-state index is 0.361. The van der Waals surface area contributed by atoms with Gasteiger partial charge in [0, 0.05) is 31.8 Å². The Hall–Kier alpha value is -1.38. The zero-order valence-electron chi connectivity index (χ0n) is 10.5. The molecule has 0 saturated heterocycles. The predicted molar refractivity (Wildman–Crippen MR) is 67.7 cm³/mol. The molecule has 0 unspecified atom stereocenters. The molecule has 0 bridgehead atoms. The summed E-state index contributed by atoms with van der Waals surface area (Å²) in [6.45, 7) is 0. The molecule has 1 aliphatic rings. The van der Waals surface area contributed by atoms with Crippen LogP contribution in [-0.2, 0) is 18.3 Å². The molecule has 2 rings (SSSR count). The van der Waals surface area contributed by atoms with E-state index in [1.54, 1.807) is 6.20 Å². The number of aromatic nitrogens is 2. The van der Waals surface area contributed by atoms with Crippen molar-refractivity contribution in [1.29, 1.82) is 0 Å². The number of rotatable bonds is 5. The van der Waals surface area contributed by atoms with Gasteiger partial charge in [-0.2, -0.15) is 5.10 Å². The lowest BCUT2D eigenvalue weighted by Crippen LogP contribution is -2.06. The molecule has 92 valence electrons. The van der Waals surface area contributed by atoms with Crippen LogP contribution in [0.5, 0.6) is 0 Å². The van der Waals surface area contributed by atoms with Crippen LogP contribution in [0.3, 0.4) is 0 Å². The van der Waals surface area contributed by atoms with Crippen molar-refractivity contribution < 1.29 is 4.79 Å². The molecule has 0 aliphatic heterocycles. The molecule has 0 spiro atoms. The standard InChI is InChI=1S/C14H20N2O/c1-16-13(9-10-15-16)7-8-14(17)11-12-5-3-2-4-6-12/h5,9-10H,2-4,6-8,11H2,1H3. The van der Waals surface area contributed by atoms with Crippen molar-refractivity contribution in [2.24, 2.45) is 7.05 Å². The SMILES string of the molecule is Cn1nccc1CCC(=O)CC1=CCCCC1. The summed E-state index contributed by atoms with van der Waals surface area (Å²) in [5.41, 5.74) is 2.49. The van der Waals surface area contributed by atoms with Crippen molar-refractivity contribution in [1.82, 2.24) is 9.78 Å². The first-order valence-electron chi connectivity index (χ1n) is 6.42. The summed E-state index contributed by atoms with van der Waals surface area (Å²) >= 11 is 0. The van der Waals surface area contributed by atoms with Gasteiger partial charge in [-0.05, 0) is 38.2 Å². The zero-order valence-corrected chi connectivity index (χ0v) is 10.5. The second-order valence-electron chi connectivity index (χ2n) is 4.77. The van der Waals surface area contributed by atoms with E-state index in [0.29, 0.717) is 18.6 Å². The van der Waals surface area contributed by atoms with Crippen LogP contribution in [0.4, 0.5) is 0 Å². The van der Waals surface area contributed by atoms with Crippen LogP contribution in [0.15, 0.2) is 23.9 Å². The van der Waals surface area contributed by atoms with E-state index in [1.165, 1.54) is 18.4 Å². The quantitative estimate of drug-likeness (QED) is 0.732. The summed E-state index contributed by atoms with van der Waals surface area (Å²) in [6, 6.07) is 1.98. The van der Waals surface area contributed by atoms with Crippen molar-refractivity contribution in [3.8, 4) is 0 Å². The van der Waals surface area contributed by atoms with Gasteiger partial charge in [0.2, 0.25) is 0 Å². The number of carbonyl (C=O) groups excluding carboxylic acids is 1. The van der Waals surface area contributed by atoms with Gasteiger partial charge >= 0.3 is 0 Å². The van der Waals surface area contributed by atoms with Crippen molar-refractivity contribution in [3.63, 3.8) is 0 Å². The topological polar surface area (TPSA) is 34.9 Å². The van der Waals surface area contributed by atoms with Gasteiger partial charge in [0.15, 0.2) is 0 Å². The largest absolute Gasteiger partial charge is 0.299 e. The number of allylic oxidation sites excluding steroid dienone is 2. The first kappa shape index (κ1) is 12.1. The van der Waals surface area contributed by atoms with Gasteiger partial charge in [0.25, 0.3) is 0 Å². The molecule has 0 saturated carbocycles. The van der Waals surface area contributed by atoms with Gasteiger partial charge < -0.3 is 0 Å². The minimum Gasteiger partial charge on any atom is -0.299 e. The van der Waals surface area contributed by atoms with Crippen LogP contribution in [-0.4, -0.2) is 15.6 Å². The summed E-state index contributed by atoms with van der Waals surface area (Å²) in [7, 11) is 1.92. The minimum atomic E-state index is 0.361. The molecule has 1 heterocycles. The number of carbonyl (C=O) groups is 1. The van der Waals surface area contributed by atoms with Crippen molar-refractivity contribution >= 4 is 5.78 Å². The average Bonchev–Trinajstić information content (AvgIpc) is 2.74. The van der Waals surface area contributed by atoms with Gasteiger partial charge in [-0.3, -0.25) is 9.48 Å². The highest BCUT2D eigenvalue weighted by molar-refractivity contribution is 5.81. The van der Waals surface area contributed by atoms with Crippen LogP contribution in [0.25, 0.3) is 0 Å².